The number of benzene rings is 1. The highest BCUT2D eigenvalue weighted by atomic mass is 16.3. The Morgan fingerprint density at radius 1 is 1.38 bits per heavy atom. The SMILES string of the molecule is O=Cc1cc#cc2ccc(O)cc12. The van der Waals surface area contributed by atoms with Crippen LogP contribution in [0.5, 0.6) is 5.75 Å². The molecule has 0 fully saturated rings. The molecule has 0 unspecified atom stereocenters. The van der Waals surface area contributed by atoms with Gasteiger partial charge >= 0.3 is 0 Å². The van der Waals surface area contributed by atoms with Crippen molar-refractivity contribution in [1.82, 2.24) is 0 Å². The Morgan fingerprint density at radius 2 is 2.23 bits per heavy atom. The number of fused-ring (bicyclic) bond motifs is 1. The summed E-state index contributed by atoms with van der Waals surface area (Å²) in [5.41, 5.74) is 0.518. The number of phenolic OH excluding ortho intramolecular Hbond substituents is 1. The van der Waals surface area contributed by atoms with Gasteiger partial charge < -0.3 is 5.11 Å². The molecule has 0 atom stereocenters. The van der Waals surface area contributed by atoms with Crippen LogP contribution in [0.1, 0.15) is 10.4 Å². The van der Waals surface area contributed by atoms with Gasteiger partial charge in [0.25, 0.3) is 0 Å². The molecule has 2 rings (SSSR count). The number of rotatable bonds is 1. The van der Waals surface area contributed by atoms with Gasteiger partial charge in [0, 0.05) is 16.3 Å². The van der Waals surface area contributed by atoms with Gasteiger partial charge in [-0.05, 0) is 24.3 Å². The monoisotopic (exact) mass is 170 g/mol. The Bertz CT molecular complexity index is 461. The van der Waals surface area contributed by atoms with Crippen molar-refractivity contribution in [2.24, 2.45) is 0 Å². The minimum atomic E-state index is 0.148. The van der Waals surface area contributed by atoms with Crippen LogP contribution in [0, 0.1) is 12.1 Å². The lowest BCUT2D eigenvalue weighted by Gasteiger charge is -1.97. The van der Waals surface area contributed by atoms with Gasteiger partial charge in [-0.15, -0.1) is 0 Å². The first kappa shape index (κ1) is 7.63. The summed E-state index contributed by atoms with van der Waals surface area (Å²) in [5, 5.41) is 10.7. The highest BCUT2D eigenvalue weighted by molar-refractivity contribution is 5.97. The third-order valence-corrected chi connectivity index (χ3v) is 1.88. The maximum Gasteiger partial charge on any atom is 0.151 e. The zero-order valence-corrected chi connectivity index (χ0v) is 6.74. The summed E-state index contributed by atoms with van der Waals surface area (Å²) in [6, 6.07) is 11.9. The highest BCUT2D eigenvalue weighted by Gasteiger charge is 1.99. The van der Waals surface area contributed by atoms with E-state index in [1.807, 2.05) is 0 Å². The summed E-state index contributed by atoms with van der Waals surface area (Å²) < 4.78 is 0. The second-order valence-corrected chi connectivity index (χ2v) is 2.72. The number of aromatic hydroxyl groups is 1. The molecule has 0 aliphatic rings. The predicted octanol–water partition coefficient (Wildman–Crippen LogP) is 1.96. The van der Waals surface area contributed by atoms with Gasteiger partial charge in [0.2, 0.25) is 0 Å². The molecule has 0 spiro atoms. The second kappa shape index (κ2) is 2.80. The highest BCUT2D eigenvalue weighted by Crippen LogP contribution is 2.20. The molecule has 2 aromatic carbocycles. The average molecular weight is 170 g/mol. The van der Waals surface area contributed by atoms with E-state index in [0.29, 0.717) is 10.9 Å². The van der Waals surface area contributed by atoms with Crippen LogP contribution in [0.3, 0.4) is 0 Å². The molecule has 0 aromatic heterocycles. The van der Waals surface area contributed by atoms with Crippen molar-refractivity contribution in [1.29, 1.82) is 0 Å². The van der Waals surface area contributed by atoms with Crippen molar-refractivity contribution >= 4 is 17.1 Å². The summed E-state index contributed by atoms with van der Waals surface area (Å²) in [7, 11) is 0. The molecule has 2 nitrogen and oxygen atoms in total. The minimum absolute atomic E-state index is 0.148. The third kappa shape index (κ3) is 1.21. The first-order valence-electron chi connectivity index (χ1n) is 3.81. The number of hydrogen-bond acceptors (Lipinski definition) is 2. The molecular weight excluding hydrogens is 164 g/mol. The van der Waals surface area contributed by atoms with Crippen LogP contribution in [0.15, 0.2) is 24.3 Å². The fourth-order valence-electron chi connectivity index (χ4n) is 1.25. The van der Waals surface area contributed by atoms with Gasteiger partial charge in [-0.25, -0.2) is 0 Å². The van der Waals surface area contributed by atoms with Gasteiger partial charge in [-0.2, -0.15) is 0 Å². The topological polar surface area (TPSA) is 37.3 Å². The van der Waals surface area contributed by atoms with Crippen molar-refractivity contribution in [2.75, 3.05) is 0 Å². The number of carbonyl (C=O) groups is 1. The summed E-state index contributed by atoms with van der Waals surface area (Å²) in [5.74, 6) is 0.148. The Morgan fingerprint density at radius 3 is 3.00 bits per heavy atom. The summed E-state index contributed by atoms with van der Waals surface area (Å²) >= 11 is 0. The van der Waals surface area contributed by atoms with Crippen LogP contribution < -0.4 is 0 Å². The molecule has 0 aliphatic heterocycles. The molecule has 2 heteroatoms. The standard InChI is InChI=1S/C11H6O2/c12-7-9-3-1-2-8-4-5-10(13)6-11(8)9/h3-7,13H. The van der Waals surface area contributed by atoms with Crippen LogP contribution >= 0.6 is 0 Å². The molecule has 0 saturated carbocycles. The smallest absolute Gasteiger partial charge is 0.151 e. The molecular formula is C11H6O2. The van der Waals surface area contributed by atoms with Crippen LogP contribution in [-0.2, 0) is 0 Å². The van der Waals surface area contributed by atoms with Gasteiger partial charge in [-0.1, -0.05) is 12.1 Å². The number of phenols is 1. The van der Waals surface area contributed by atoms with Crippen molar-refractivity contribution in [3.05, 3.63) is 42.0 Å². The van der Waals surface area contributed by atoms with Gasteiger partial charge in [0.05, 0.1) is 0 Å². The molecule has 2 aromatic rings. The molecule has 0 aliphatic carbocycles. The molecule has 0 heterocycles. The molecule has 13 heavy (non-hydrogen) atoms. The molecule has 62 valence electrons. The van der Waals surface area contributed by atoms with Crippen LogP contribution in [0.25, 0.3) is 10.8 Å². The second-order valence-electron chi connectivity index (χ2n) is 2.72. The fraction of sp³-hybridized carbons (Fsp3) is 0. The largest absolute Gasteiger partial charge is 0.508 e. The molecule has 0 bridgehead atoms. The van der Waals surface area contributed by atoms with E-state index in [0.717, 1.165) is 11.7 Å². The van der Waals surface area contributed by atoms with Crippen molar-refractivity contribution < 1.29 is 9.90 Å². The van der Waals surface area contributed by atoms with Crippen molar-refractivity contribution in [3.8, 4) is 5.75 Å². The number of hydrogen-bond donors (Lipinski definition) is 1. The number of aldehydes is 1. The van der Waals surface area contributed by atoms with E-state index in [4.69, 9.17) is 0 Å². The van der Waals surface area contributed by atoms with E-state index in [2.05, 4.69) is 12.1 Å². The quantitative estimate of drug-likeness (QED) is 0.664. The summed E-state index contributed by atoms with van der Waals surface area (Å²) in [6.45, 7) is 0. The Balaban J connectivity index is 2.86. The third-order valence-electron chi connectivity index (χ3n) is 1.88. The van der Waals surface area contributed by atoms with E-state index in [1.165, 1.54) is 0 Å². The van der Waals surface area contributed by atoms with Gasteiger partial charge in [0.1, 0.15) is 5.75 Å². The van der Waals surface area contributed by atoms with Crippen LogP contribution in [0.2, 0.25) is 0 Å². The normalized spacial score (nSPS) is 9.54. The van der Waals surface area contributed by atoms with E-state index in [-0.39, 0.29) is 5.75 Å². The molecule has 0 saturated heterocycles. The van der Waals surface area contributed by atoms with E-state index in [1.54, 1.807) is 24.3 Å². The molecule has 0 radical (unpaired) electrons. The zero-order valence-electron chi connectivity index (χ0n) is 6.74. The Labute approximate surface area is 75.4 Å². The van der Waals surface area contributed by atoms with Crippen LogP contribution in [0.4, 0.5) is 0 Å². The maximum absolute atomic E-state index is 10.6. The summed E-state index contributed by atoms with van der Waals surface area (Å²) in [6.07, 6.45) is 0.742. The van der Waals surface area contributed by atoms with E-state index < -0.39 is 0 Å². The lowest BCUT2D eigenvalue weighted by Crippen LogP contribution is -1.80. The van der Waals surface area contributed by atoms with Crippen molar-refractivity contribution in [3.63, 3.8) is 0 Å². The summed E-state index contributed by atoms with van der Waals surface area (Å²) in [4.78, 5) is 10.6. The van der Waals surface area contributed by atoms with E-state index in [9.17, 15) is 9.90 Å². The fourth-order valence-corrected chi connectivity index (χ4v) is 1.25. The Kier molecular flexibility index (Phi) is 1.64. The first-order valence-corrected chi connectivity index (χ1v) is 3.81. The number of carbonyl (C=O) groups excluding carboxylic acids is 1. The molecule has 1 N–H and O–H groups in total. The zero-order chi connectivity index (χ0) is 9.26. The van der Waals surface area contributed by atoms with Crippen LogP contribution in [-0.4, -0.2) is 11.4 Å². The lowest BCUT2D eigenvalue weighted by atomic mass is 10.1. The lowest BCUT2D eigenvalue weighted by molar-refractivity contribution is 0.112. The maximum atomic E-state index is 10.6. The van der Waals surface area contributed by atoms with Gasteiger partial charge in [-0.3, -0.25) is 4.79 Å². The average Bonchev–Trinajstić information content (AvgIpc) is 2.17. The van der Waals surface area contributed by atoms with Crippen molar-refractivity contribution in [2.45, 2.75) is 0 Å². The van der Waals surface area contributed by atoms with E-state index >= 15 is 0 Å². The molecule has 0 amide bonds. The predicted molar refractivity (Wildman–Crippen MR) is 48.7 cm³/mol. The Hall–Kier alpha value is -2.01. The van der Waals surface area contributed by atoms with Gasteiger partial charge in [0.15, 0.2) is 6.29 Å². The minimum Gasteiger partial charge on any atom is -0.508 e. The first-order chi connectivity index (χ1) is 6.31.